The van der Waals surface area contributed by atoms with E-state index in [4.69, 9.17) is 9.47 Å². The summed E-state index contributed by atoms with van der Waals surface area (Å²) in [5.41, 5.74) is 0.0590. The molecule has 0 amide bonds. The van der Waals surface area contributed by atoms with E-state index in [9.17, 15) is 14.9 Å². The maximum absolute atomic E-state index is 11.7. The molecule has 1 aliphatic rings. The second-order valence-electron chi connectivity index (χ2n) is 4.04. The van der Waals surface area contributed by atoms with Gasteiger partial charge in [0, 0.05) is 18.7 Å². The summed E-state index contributed by atoms with van der Waals surface area (Å²) in [5.74, 6) is -0.561. The van der Waals surface area contributed by atoms with Crippen molar-refractivity contribution in [2.45, 2.75) is 18.9 Å². The van der Waals surface area contributed by atoms with E-state index in [1.807, 2.05) is 0 Å². The highest BCUT2D eigenvalue weighted by Crippen LogP contribution is 2.16. The lowest BCUT2D eigenvalue weighted by Crippen LogP contribution is -2.17. The van der Waals surface area contributed by atoms with Crippen molar-refractivity contribution < 1.29 is 19.2 Å². The minimum Gasteiger partial charge on any atom is -0.459 e. The van der Waals surface area contributed by atoms with Crippen LogP contribution in [0.5, 0.6) is 0 Å². The first-order chi connectivity index (χ1) is 8.66. The molecule has 6 heteroatoms. The molecular formula is C12H13NO5. The van der Waals surface area contributed by atoms with Gasteiger partial charge in [0.1, 0.15) is 6.61 Å². The van der Waals surface area contributed by atoms with Crippen LogP contribution in [0.2, 0.25) is 0 Å². The van der Waals surface area contributed by atoms with Crippen LogP contribution in [0.4, 0.5) is 5.69 Å². The summed E-state index contributed by atoms with van der Waals surface area (Å²) in [6.07, 6.45) is 1.80. The van der Waals surface area contributed by atoms with E-state index in [1.54, 1.807) is 0 Å². The first-order valence-corrected chi connectivity index (χ1v) is 5.70. The zero-order chi connectivity index (χ0) is 13.0. The van der Waals surface area contributed by atoms with Crippen LogP contribution >= 0.6 is 0 Å². The summed E-state index contributed by atoms with van der Waals surface area (Å²) in [7, 11) is 0. The smallest absolute Gasteiger partial charge is 0.338 e. The number of hydrogen-bond acceptors (Lipinski definition) is 5. The Kier molecular flexibility index (Phi) is 3.88. The van der Waals surface area contributed by atoms with Gasteiger partial charge in [-0.1, -0.05) is 6.07 Å². The maximum Gasteiger partial charge on any atom is 0.338 e. The molecule has 0 saturated carbocycles. The number of nitro groups is 1. The average molecular weight is 251 g/mol. The second kappa shape index (κ2) is 5.59. The minimum atomic E-state index is -0.561. The molecule has 1 saturated heterocycles. The zero-order valence-corrected chi connectivity index (χ0v) is 9.70. The van der Waals surface area contributed by atoms with Gasteiger partial charge < -0.3 is 9.47 Å². The van der Waals surface area contributed by atoms with Gasteiger partial charge in [0.15, 0.2) is 0 Å². The van der Waals surface area contributed by atoms with E-state index in [-0.39, 0.29) is 24.0 Å². The number of benzene rings is 1. The fourth-order valence-electron chi connectivity index (χ4n) is 1.77. The number of nitrogens with zero attached hydrogens (tertiary/aromatic N) is 1. The van der Waals surface area contributed by atoms with Gasteiger partial charge in [0.2, 0.25) is 0 Å². The molecular weight excluding hydrogens is 238 g/mol. The number of nitro benzene ring substituents is 1. The summed E-state index contributed by atoms with van der Waals surface area (Å²) in [6.45, 7) is 0.889. The fraction of sp³-hybridized carbons (Fsp3) is 0.417. The molecule has 2 rings (SSSR count). The van der Waals surface area contributed by atoms with Crippen molar-refractivity contribution in [3.63, 3.8) is 0 Å². The van der Waals surface area contributed by atoms with Crippen molar-refractivity contribution in [3.05, 3.63) is 39.9 Å². The van der Waals surface area contributed by atoms with Crippen LogP contribution in [0.3, 0.4) is 0 Å². The van der Waals surface area contributed by atoms with Crippen LogP contribution in [0.1, 0.15) is 23.2 Å². The number of hydrogen-bond donors (Lipinski definition) is 0. The highest BCUT2D eigenvalue weighted by Gasteiger charge is 2.19. The van der Waals surface area contributed by atoms with Gasteiger partial charge in [-0.3, -0.25) is 10.1 Å². The Morgan fingerprint density at radius 3 is 3.06 bits per heavy atom. The Morgan fingerprint density at radius 1 is 1.56 bits per heavy atom. The number of rotatable bonds is 4. The van der Waals surface area contributed by atoms with Crippen molar-refractivity contribution in [2.75, 3.05) is 13.2 Å². The van der Waals surface area contributed by atoms with Crippen molar-refractivity contribution in [2.24, 2.45) is 0 Å². The third-order valence-corrected chi connectivity index (χ3v) is 2.72. The summed E-state index contributed by atoms with van der Waals surface area (Å²) in [5, 5.41) is 10.6. The van der Waals surface area contributed by atoms with Crippen molar-refractivity contribution >= 4 is 11.7 Å². The lowest BCUT2D eigenvalue weighted by atomic mass is 10.2. The summed E-state index contributed by atoms with van der Waals surface area (Å²) >= 11 is 0. The van der Waals surface area contributed by atoms with E-state index in [0.717, 1.165) is 12.8 Å². The fourth-order valence-corrected chi connectivity index (χ4v) is 1.77. The monoisotopic (exact) mass is 251 g/mol. The van der Waals surface area contributed by atoms with Crippen LogP contribution in [-0.2, 0) is 9.47 Å². The molecule has 0 aliphatic carbocycles. The molecule has 1 fully saturated rings. The topological polar surface area (TPSA) is 78.7 Å². The second-order valence-corrected chi connectivity index (χ2v) is 4.04. The third-order valence-electron chi connectivity index (χ3n) is 2.72. The Morgan fingerprint density at radius 2 is 2.39 bits per heavy atom. The standard InChI is InChI=1S/C12H13NO5/c14-12(18-8-11-5-2-6-17-11)9-3-1-4-10(7-9)13(15)16/h1,3-4,7,11H,2,5-6,8H2/t11-/m1/s1. The van der Waals surface area contributed by atoms with E-state index < -0.39 is 10.9 Å². The first-order valence-electron chi connectivity index (χ1n) is 5.70. The molecule has 18 heavy (non-hydrogen) atoms. The third kappa shape index (κ3) is 3.04. The Bertz CT molecular complexity index is 454. The van der Waals surface area contributed by atoms with Gasteiger partial charge >= 0.3 is 5.97 Å². The van der Waals surface area contributed by atoms with E-state index in [2.05, 4.69) is 0 Å². The molecule has 1 heterocycles. The highest BCUT2D eigenvalue weighted by molar-refractivity contribution is 5.90. The van der Waals surface area contributed by atoms with Crippen LogP contribution < -0.4 is 0 Å². The molecule has 1 aliphatic heterocycles. The Hall–Kier alpha value is -1.95. The predicted octanol–water partition coefficient (Wildman–Crippen LogP) is 1.93. The highest BCUT2D eigenvalue weighted by atomic mass is 16.6. The summed E-state index contributed by atoms with van der Waals surface area (Å²) in [4.78, 5) is 21.7. The molecule has 0 radical (unpaired) electrons. The van der Waals surface area contributed by atoms with Crippen LogP contribution in [0.15, 0.2) is 24.3 Å². The molecule has 0 bridgehead atoms. The van der Waals surface area contributed by atoms with Gasteiger partial charge in [0.05, 0.1) is 16.6 Å². The number of non-ortho nitro benzene ring substituents is 1. The largest absolute Gasteiger partial charge is 0.459 e. The number of ether oxygens (including phenoxy) is 2. The predicted molar refractivity (Wildman–Crippen MR) is 62.4 cm³/mol. The number of esters is 1. The van der Waals surface area contributed by atoms with Crippen molar-refractivity contribution in [3.8, 4) is 0 Å². The molecule has 0 unspecified atom stereocenters. The number of carbonyl (C=O) groups excluding carboxylic acids is 1. The van der Waals surface area contributed by atoms with Crippen LogP contribution in [0, 0.1) is 10.1 Å². The Balaban J connectivity index is 1.95. The lowest BCUT2D eigenvalue weighted by Gasteiger charge is -2.09. The number of carbonyl (C=O) groups is 1. The SMILES string of the molecule is O=C(OC[C@H]1CCCO1)c1cccc([N+](=O)[O-])c1. The summed E-state index contributed by atoms with van der Waals surface area (Å²) < 4.78 is 10.4. The van der Waals surface area contributed by atoms with E-state index in [0.29, 0.717) is 6.61 Å². The first kappa shape index (κ1) is 12.5. The lowest BCUT2D eigenvalue weighted by molar-refractivity contribution is -0.384. The summed E-state index contributed by atoms with van der Waals surface area (Å²) in [6, 6.07) is 5.49. The van der Waals surface area contributed by atoms with Gasteiger partial charge in [-0.15, -0.1) is 0 Å². The van der Waals surface area contributed by atoms with Gasteiger partial charge in [-0.25, -0.2) is 4.79 Å². The van der Waals surface area contributed by atoms with E-state index in [1.165, 1.54) is 24.3 Å². The molecule has 96 valence electrons. The van der Waals surface area contributed by atoms with Gasteiger partial charge in [0.25, 0.3) is 5.69 Å². The van der Waals surface area contributed by atoms with Gasteiger partial charge in [-0.05, 0) is 18.9 Å². The molecule has 0 spiro atoms. The molecule has 1 aromatic rings. The Labute approximate surface area is 104 Å². The normalized spacial score (nSPS) is 18.6. The maximum atomic E-state index is 11.7. The van der Waals surface area contributed by atoms with Gasteiger partial charge in [-0.2, -0.15) is 0 Å². The molecule has 0 N–H and O–H groups in total. The average Bonchev–Trinajstić information content (AvgIpc) is 2.89. The molecule has 1 aromatic carbocycles. The van der Waals surface area contributed by atoms with Crippen LogP contribution in [-0.4, -0.2) is 30.2 Å². The zero-order valence-electron chi connectivity index (χ0n) is 9.70. The quantitative estimate of drug-likeness (QED) is 0.464. The van der Waals surface area contributed by atoms with Crippen molar-refractivity contribution in [1.82, 2.24) is 0 Å². The minimum absolute atomic E-state index is 0.0485. The van der Waals surface area contributed by atoms with Crippen LogP contribution in [0.25, 0.3) is 0 Å². The molecule has 6 nitrogen and oxygen atoms in total. The molecule has 1 atom stereocenters. The van der Waals surface area contributed by atoms with Crippen molar-refractivity contribution in [1.29, 1.82) is 0 Å². The molecule has 0 aromatic heterocycles. The van der Waals surface area contributed by atoms with E-state index >= 15 is 0 Å².